The van der Waals surface area contributed by atoms with Crippen molar-refractivity contribution in [3.63, 3.8) is 0 Å². The lowest BCUT2D eigenvalue weighted by Gasteiger charge is -2.21. The van der Waals surface area contributed by atoms with Crippen LogP contribution in [0.4, 0.5) is 0 Å². The number of halogens is 1. The Hall–Kier alpha value is -1.50. The van der Waals surface area contributed by atoms with Gasteiger partial charge in [0, 0.05) is 5.02 Å². The Balaban J connectivity index is 1.75. The van der Waals surface area contributed by atoms with Gasteiger partial charge in [-0.05, 0) is 40.1 Å². The minimum atomic E-state index is -0.239. The van der Waals surface area contributed by atoms with Gasteiger partial charge in [-0.15, -0.1) is 11.8 Å². The van der Waals surface area contributed by atoms with Gasteiger partial charge in [-0.3, -0.25) is 9.59 Å². The number of hydrogen-bond donors (Lipinski definition) is 1. The van der Waals surface area contributed by atoms with E-state index in [-0.39, 0.29) is 24.4 Å². The Morgan fingerprint density at radius 2 is 2.04 bits per heavy atom. The van der Waals surface area contributed by atoms with Crippen LogP contribution in [0.2, 0.25) is 5.02 Å². The van der Waals surface area contributed by atoms with Crippen LogP contribution in [0.15, 0.2) is 41.1 Å². The molecule has 0 bridgehead atoms. The minimum Gasteiger partial charge on any atom is -0.344 e. The van der Waals surface area contributed by atoms with Gasteiger partial charge in [0.1, 0.15) is 6.54 Å². The highest BCUT2D eigenvalue weighted by molar-refractivity contribution is 8.00. The van der Waals surface area contributed by atoms with E-state index in [0.717, 1.165) is 11.1 Å². The zero-order chi connectivity index (χ0) is 16.2. The van der Waals surface area contributed by atoms with E-state index in [1.165, 1.54) is 11.8 Å². The molecule has 1 aromatic carbocycles. The lowest BCUT2D eigenvalue weighted by Crippen LogP contribution is -2.39. The number of hydrogen-bond acceptors (Lipinski definition) is 4. The van der Waals surface area contributed by atoms with Crippen LogP contribution in [0.25, 0.3) is 0 Å². The molecule has 23 heavy (non-hydrogen) atoms. The molecule has 0 saturated carbocycles. The van der Waals surface area contributed by atoms with E-state index in [1.54, 1.807) is 16.2 Å². The maximum absolute atomic E-state index is 12.4. The summed E-state index contributed by atoms with van der Waals surface area (Å²) in [7, 11) is 0. The average molecular weight is 367 g/mol. The van der Waals surface area contributed by atoms with E-state index in [9.17, 15) is 9.59 Å². The minimum absolute atomic E-state index is 0.0173. The standard InChI is InChI=1S/C16H15ClN2O2S2/c17-13-3-1-11(2-4-13)16(12-5-6-22-8-12)18-14(20)7-19-10-23-9-15(19)21/h1-6,8,16H,7,9-10H2,(H,18,20). The predicted molar refractivity (Wildman–Crippen MR) is 94.8 cm³/mol. The second-order valence-corrected chi connectivity index (χ2v) is 7.35. The fourth-order valence-electron chi connectivity index (χ4n) is 2.37. The van der Waals surface area contributed by atoms with Crippen molar-refractivity contribution >= 4 is 46.5 Å². The summed E-state index contributed by atoms with van der Waals surface area (Å²) in [4.78, 5) is 25.6. The number of nitrogens with one attached hydrogen (secondary N) is 1. The van der Waals surface area contributed by atoms with Crippen molar-refractivity contribution in [2.45, 2.75) is 6.04 Å². The monoisotopic (exact) mass is 366 g/mol. The normalized spacial score (nSPS) is 15.7. The Morgan fingerprint density at radius 3 is 2.65 bits per heavy atom. The SMILES string of the molecule is O=C(CN1CSCC1=O)NC(c1ccc(Cl)cc1)c1ccsc1. The van der Waals surface area contributed by atoms with Crippen molar-refractivity contribution in [1.29, 1.82) is 0 Å². The molecule has 2 aromatic rings. The summed E-state index contributed by atoms with van der Waals surface area (Å²) in [6, 6.07) is 9.17. The van der Waals surface area contributed by atoms with Crippen LogP contribution < -0.4 is 5.32 Å². The highest BCUT2D eigenvalue weighted by atomic mass is 35.5. The molecule has 1 aliphatic heterocycles. The van der Waals surface area contributed by atoms with Gasteiger partial charge in [-0.25, -0.2) is 0 Å². The molecule has 1 saturated heterocycles. The van der Waals surface area contributed by atoms with Crippen molar-refractivity contribution in [2.24, 2.45) is 0 Å². The van der Waals surface area contributed by atoms with E-state index < -0.39 is 0 Å². The molecule has 120 valence electrons. The third-order valence-electron chi connectivity index (χ3n) is 3.55. The topological polar surface area (TPSA) is 49.4 Å². The number of rotatable bonds is 5. The van der Waals surface area contributed by atoms with Crippen LogP contribution in [-0.4, -0.2) is 34.9 Å². The molecule has 1 aromatic heterocycles. The summed E-state index contributed by atoms with van der Waals surface area (Å²) in [6.45, 7) is 0.0973. The second kappa shape index (κ2) is 7.38. The smallest absolute Gasteiger partial charge is 0.240 e. The number of benzene rings is 1. The van der Waals surface area contributed by atoms with Crippen molar-refractivity contribution in [1.82, 2.24) is 10.2 Å². The number of carbonyl (C=O) groups excluding carboxylic acids is 2. The lowest BCUT2D eigenvalue weighted by molar-refractivity contribution is -0.132. The van der Waals surface area contributed by atoms with E-state index in [1.807, 2.05) is 41.1 Å². The highest BCUT2D eigenvalue weighted by Gasteiger charge is 2.24. The number of carbonyl (C=O) groups is 2. The molecule has 1 aliphatic rings. The lowest BCUT2D eigenvalue weighted by atomic mass is 10.0. The maximum Gasteiger partial charge on any atom is 0.240 e. The summed E-state index contributed by atoms with van der Waals surface area (Å²) >= 11 is 9.06. The van der Waals surface area contributed by atoms with Gasteiger partial charge in [0.25, 0.3) is 0 Å². The molecule has 1 atom stereocenters. The van der Waals surface area contributed by atoms with Gasteiger partial charge in [-0.2, -0.15) is 11.3 Å². The summed E-state index contributed by atoms with van der Waals surface area (Å²) in [5.41, 5.74) is 1.98. The van der Waals surface area contributed by atoms with E-state index >= 15 is 0 Å². The quantitative estimate of drug-likeness (QED) is 0.884. The van der Waals surface area contributed by atoms with Crippen molar-refractivity contribution in [2.75, 3.05) is 18.2 Å². The van der Waals surface area contributed by atoms with Gasteiger partial charge < -0.3 is 10.2 Å². The molecule has 1 unspecified atom stereocenters. The van der Waals surface area contributed by atoms with Crippen LogP contribution in [-0.2, 0) is 9.59 Å². The van der Waals surface area contributed by atoms with Gasteiger partial charge >= 0.3 is 0 Å². The first-order chi connectivity index (χ1) is 11.1. The Kier molecular flexibility index (Phi) is 5.25. The van der Waals surface area contributed by atoms with Crippen LogP contribution in [0.1, 0.15) is 17.2 Å². The first-order valence-electron chi connectivity index (χ1n) is 7.06. The molecule has 2 heterocycles. The number of nitrogens with zero attached hydrogens (tertiary/aromatic N) is 1. The summed E-state index contributed by atoms with van der Waals surface area (Å²) in [6.07, 6.45) is 0. The van der Waals surface area contributed by atoms with Crippen molar-refractivity contribution in [3.05, 3.63) is 57.2 Å². The molecule has 1 fully saturated rings. The van der Waals surface area contributed by atoms with Gasteiger partial charge in [0.2, 0.25) is 11.8 Å². The number of amides is 2. The Labute approximate surface area is 147 Å². The van der Waals surface area contributed by atoms with Gasteiger partial charge in [0.05, 0.1) is 17.7 Å². The molecule has 2 amide bonds. The Morgan fingerprint density at radius 1 is 1.26 bits per heavy atom. The van der Waals surface area contributed by atoms with Crippen molar-refractivity contribution < 1.29 is 9.59 Å². The summed E-state index contributed by atoms with van der Waals surface area (Å²) in [5, 5.41) is 7.67. The largest absolute Gasteiger partial charge is 0.344 e. The average Bonchev–Trinajstić information content (AvgIpc) is 3.19. The third-order valence-corrected chi connectivity index (χ3v) is 5.44. The van der Waals surface area contributed by atoms with Crippen LogP contribution in [0.3, 0.4) is 0 Å². The summed E-state index contributed by atoms with van der Waals surface area (Å²) in [5.74, 6) is 0.894. The zero-order valence-corrected chi connectivity index (χ0v) is 14.6. The fourth-order valence-corrected chi connectivity index (χ4v) is 4.09. The first kappa shape index (κ1) is 16.4. The summed E-state index contributed by atoms with van der Waals surface area (Å²) < 4.78 is 0. The first-order valence-corrected chi connectivity index (χ1v) is 9.53. The fraction of sp³-hybridized carbons (Fsp3) is 0.250. The van der Waals surface area contributed by atoms with E-state index in [4.69, 9.17) is 11.6 Å². The zero-order valence-electron chi connectivity index (χ0n) is 12.2. The number of thiophene rings is 1. The van der Waals surface area contributed by atoms with E-state index in [2.05, 4.69) is 5.32 Å². The van der Waals surface area contributed by atoms with Gasteiger partial charge in [-0.1, -0.05) is 23.7 Å². The molecule has 0 aliphatic carbocycles. The Bertz CT molecular complexity index is 689. The third kappa shape index (κ3) is 4.07. The molecule has 4 nitrogen and oxygen atoms in total. The molecular formula is C16H15ClN2O2S2. The second-order valence-electron chi connectivity index (χ2n) is 5.18. The molecule has 0 spiro atoms. The number of thioether (sulfide) groups is 1. The molecular weight excluding hydrogens is 352 g/mol. The molecule has 1 N–H and O–H groups in total. The highest BCUT2D eigenvalue weighted by Crippen LogP contribution is 2.25. The van der Waals surface area contributed by atoms with Gasteiger partial charge in [0.15, 0.2) is 0 Å². The van der Waals surface area contributed by atoms with Crippen molar-refractivity contribution in [3.8, 4) is 0 Å². The van der Waals surface area contributed by atoms with Crippen LogP contribution in [0.5, 0.6) is 0 Å². The van der Waals surface area contributed by atoms with Crippen LogP contribution >= 0.6 is 34.7 Å². The van der Waals surface area contributed by atoms with E-state index in [0.29, 0.717) is 16.7 Å². The molecule has 7 heteroatoms. The molecule has 0 radical (unpaired) electrons. The predicted octanol–water partition coefficient (Wildman–Crippen LogP) is 3.14. The molecule has 3 rings (SSSR count). The van der Waals surface area contributed by atoms with Crippen LogP contribution in [0, 0.1) is 0 Å². The maximum atomic E-state index is 12.4.